The molecule has 0 spiro atoms. The summed E-state index contributed by atoms with van der Waals surface area (Å²) in [6.45, 7) is 9.71. The number of amides is 4. The van der Waals surface area contributed by atoms with Crippen molar-refractivity contribution in [1.29, 1.82) is 0 Å². The molecular formula is C45H50F2N10O4S. The Balaban J connectivity index is 0.742. The van der Waals surface area contributed by atoms with Crippen LogP contribution in [0.4, 0.5) is 20.5 Å². The Labute approximate surface area is 362 Å². The van der Waals surface area contributed by atoms with Gasteiger partial charge in [0.15, 0.2) is 11.6 Å². The molecule has 324 valence electrons. The molecule has 62 heavy (non-hydrogen) atoms. The molecule has 3 aliphatic heterocycles. The zero-order chi connectivity index (χ0) is 43.5. The molecule has 1 atom stereocenters. The molecule has 2 N–H and O–H groups in total. The minimum absolute atomic E-state index is 0.0330. The van der Waals surface area contributed by atoms with E-state index < -0.39 is 23.6 Å². The molecule has 0 saturated carbocycles. The smallest absolute Gasteiger partial charge is 0.255 e. The van der Waals surface area contributed by atoms with Crippen molar-refractivity contribution in [1.82, 2.24) is 44.5 Å². The fourth-order valence-corrected chi connectivity index (χ4v) is 9.66. The van der Waals surface area contributed by atoms with Crippen molar-refractivity contribution in [3.63, 3.8) is 0 Å². The van der Waals surface area contributed by atoms with Gasteiger partial charge in [-0.2, -0.15) is 0 Å². The molecule has 14 nitrogen and oxygen atoms in total. The fraction of sp³-hybridized carbons (Fsp3) is 0.422. The first-order valence-electron chi connectivity index (χ1n) is 21.3. The maximum absolute atomic E-state index is 15.1. The van der Waals surface area contributed by atoms with Gasteiger partial charge in [0, 0.05) is 80.4 Å². The molecule has 2 aromatic carbocycles. The molecule has 3 aliphatic rings. The van der Waals surface area contributed by atoms with Crippen molar-refractivity contribution in [3.8, 4) is 11.3 Å². The zero-order valence-corrected chi connectivity index (χ0v) is 35.9. The van der Waals surface area contributed by atoms with Gasteiger partial charge in [0.05, 0.1) is 11.7 Å². The molecule has 2 saturated heterocycles. The highest BCUT2D eigenvalue weighted by atomic mass is 32.2. The third-order valence-corrected chi connectivity index (χ3v) is 12.9. The standard InChI is InChI=1S/C45H50F2N10O4S/c1-27(2)57-28(3)50-42-33(46)21-30(22-36(42)57)41-34(47)24-49-45(53-41)51-38-14-12-29(23-48-38)25-54-16-18-55(19-17-54)40(59)11-6-4-5-7-20-62-37-10-8-9-31-32(37)26-56(44(31)61)35-13-15-39(58)52-43(35)60/h8-10,12,14,21-24,27,35H,4-7,11,13,15-20,25-26H2,1-3H3,(H,52,58,60)(H,48,49,51,53). The molecular weight excluding hydrogens is 815 g/mol. The fourth-order valence-electron chi connectivity index (χ4n) is 8.57. The van der Waals surface area contributed by atoms with Gasteiger partial charge >= 0.3 is 0 Å². The van der Waals surface area contributed by atoms with Crippen LogP contribution in [0.1, 0.15) is 92.1 Å². The Morgan fingerprint density at radius 2 is 1.76 bits per heavy atom. The largest absolute Gasteiger partial charge is 0.340 e. The molecule has 5 aromatic rings. The van der Waals surface area contributed by atoms with Gasteiger partial charge in [0.2, 0.25) is 23.7 Å². The third-order valence-electron chi connectivity index (χ3n) is 11.7. The summed E-state index contributed by atoms with van der Waals surface area (Å²) in [6, 6.07) is 11.8. The van der Waals surface area contributed by atoms with E-state index in [1.54, 1.807) is 28.9 Å². The van der Waals surface area contributed by atoms with Gasteiger partial charge in [0.25, 0.3) is 5.91 Å². The van der Waals surface area contributed by atoms with Crippen LogP contribution >= 0.6 is 11.8 Å². The number of piperazine rings is 1. The topological polar surface area (TPSA) is 159 Å². The minimum atomic E-state index is -0.675. The van der Waals surface area contributed by atoms with Crippen LogP contribution in [-0.4, -0.2) is 101 Å². The van der Waals surface area contributed by atoms with Crippen molar-refractivity contribution in [3.05, 3.63) is 89.0 Å². The highest BCUT2D eigenvalue weighted by Crippen LogP contribution is 2.35. The summed E-state index contributed by atoms with van der Waals surface area (Å²) in [5.41, 5.74) is 3.64. The molecule has 17 heteroatoms. The number of nitrogens with one attached hydrogen (secondary N) is 2. The SMILES string of the molecule is Cc1nc2c(F)cc(-c3nc(Nc4ccc(CN5CCN(C(=O)CCCCCCSc6cccc7c6CN(C6CCC(=O)NC6=O)C7=O)CC5)cn4)ncc3F)cc2n1C(C)C. The van der Waals surface area contributed by atoms with Crippen LogP contribution in [0.25, 0.3) is 22.3 Å². The number of benzene rings is 2. The summed E-state index contributed by atoms with van der Waals surface area (Å²) < 4.78 is 32.1. The van der Waals surface area contributed by atoms with Crippen LogP contribution in [0.2, 0.25) is 0 Å². The number of carbonyl (C=O) groups excluding carboxylic acids is 4. The van der Waals surface area contributed by atoms with Gasteiger partial charge in [-0.1, -0.05) is 25.0 Å². The number of nitrogens with zero attached hydrogens (tertiary/aromatic N) is 8. The first-order chi connectivity index (χ1) is 29.9. The summed E-state index contributed by atoms with van der Waals surface area (Å²) >= 11 is 1.72. The quantitative estimate of drug-likeness (QED) is 0.0638. The Bertz CT molecular complexity index is 2510. The number of unbranched alkanes of at least 4 members (excludes halogenated alkanes) is 3. The van der Waals surface area contributed by atoms with E-state index in [1.165, 1.54) is 6.07 Å². The van der Waals surface area contributed by atoms with Gasteiger partial charge in [-0.05, 0) is 87.2 Å². The molecule has 6 heterocycles. The number of pyridine rings is 1. The molecule has 0 aliphatic carbocycles. The number of imidazole rings is 1. The van der Waals surface area contributed by atoms with Crippen LogP contribution in [-0.2, 0) is 27.5 Å². The lowest BCUT2D eigenvalue weighted by Crippen LogP contribution is -2.52. The summed E-state index contributed by atoms with van der Waals surface area (Å²) in [7, 11) is 0. The second-order valence-corrected chi connectivity index (χ2v) is 17.5. The predicted molar refractivity (Wildman–Crippen MR) is 231 cm³/mol. The van der Waals surface area contributed by atoms with Crippen molar-refractivity contribution < 1.29 is 28.0 Å². The molecule has 2 fully saturated rings. The number of hydrogen-bond donors (Lipinski definition) is 2. The molecule has 3 aromatic heterocycles. The number of anilines is 2. The lowest BCUT2D eigenvalue weighted by molar-refractivity contribution is -0.137. The Morgan fingerprint density at radius 3 is 2.52 bits per heavy atom. The summed E-state index contributed by atoms with van der Waals surface area (Å²) in [5, 5.41) is 5.39. The highest BCUT2D eigenvalue weighted by molar-refractivity contribution is 7.99. The molecule has 0 bridgehead atoms. The zero-order valence-electron chi connectivity index (χ0n) is 35.1. The van der Waals surface area contributed by atoms with Gasteiger partial charge < -0.3 is 19.7 Å². The van der Waals surface area contributed by atoms with Crippen molar-refractivity contribution in [2.45, 2.75) is 95.8 Å². The van der Waals surface area contributed by atoms with E-state index in [1.807, 2.05) is 60.6 Å². The van der Waals surface area contributed by atoms with Crippen molar-refractivity contribution >= 4 is 58.2 Å². The van der Waals surface area contributed by atoms with Gasteiger partial charge in [0.1, 0.15) is 28.9 Å². The molecule has 4 amide bonds. The van der Waals surface area contributed by atoms with Crippen LogP contribution < -0.4 is 10.6 Å². The van der Waals surface area contributed by atoms with Gasteiger partial charge in [-0.3, -0.25) is 29.4 Å². The monoisotopic (exact) mass is 864 g/mol. The minimum Gasteiger partial charge on any atom is -0.340 e. The molecule has 0 radical (unpaired) electrons. The second-order valence-electron chi connectivity index (χ2n) is 16.4. The molecule has 1 unspecified atom stereocenters. The summed E-state index contributed by atoms with van der Waals surface area (Å²) in [4.78, 5) is 74.4. The maximum atomic E-state index is 15.1. The average molecular weight is 865 g/mol. The van der Waals surface area contributed by atoms with Crippen LogP contribution in [0.15, 0.2) is 59.8 Å². The van der Waals surface area contributed by atoms with Crippen molar-refractivity contribution in [2.24, 2.45) is 0 Å². The van der Waals surface area contributed by atoms with E-state index in [9.17, 15) is 19.2 Å². The summed E-state index contributed by atoms with van der Waals surface area (Å²) in [6.07, 6.45) is 7.75. The highest BCUT2D eigenvalue weighted by Gasteiger charge is 2.40. The normalized spacial score (nSPS) is 17.0. The first kappa shape index (κ1) is 42.9. The Morgan fingerprint density at radius 1 is 0.952 bits per heavy atom. The van der Waals surface area contributed by atoms with Gasteiger partial charge in [-0.15, -0.1) is 11.8 Å². The lowest BCUT2D eigenvalue weighted by Gasteiger charge is -2.34. The van der Waals surface area contributed by atoms with E-state index in [0.717, 1.165) is 66.7 Å². The van der Waals surface area contributed by atoms with Gasteiger partial charge in [-0.25, -0.2) is 28.7 Å². The first-order valence-corrected chi connectivity index (χ1v) is 22.2. The molecule has 8 rings (SSSR count). The predicted octanol–water partition coefficient (Wildman–Crippen LogP) is 6.95. The second kappa shape index (κ2) is 18.7. The van der Waals surface area contributed by atoms with Crippen molar-refractivity contribution in [2.75, 3.05) is 37.2 Å². The number of fused-ring (bicyclic) bond motifs is 2. The van der Waals surface area contributed by atoms with E-state index in [4.69, 9.17) is 0 Å². The van der Waals surface area contributed by atoms with E-state index >= 15 is 8.78 Å². The number of thioether (sulfide) groups is 1. The number of aromatic nitrogens is 5. The van der Waals surface area contributed by atoms with Crippen LogP contribution in [0.3, 0.4) is 0 Å². The average Bonchev–Trinajstić information content (AvgIpc) is 3.78. The summed E-state index contributed by atoms with van der Waals surface area (Å²) in [5.74, 6) is 0.280. The van der Waals surface area contributed by atoms with E-state index in [0.29, 0.717) is 61.7 Å². The number of hydrogen-bond acceptors (Lipinski definition) is 11. The van der Waals surface area contributed by atoms with Crippen LogP contribution in [0.5, 0.6) is 0 Å². The Hall–Kier alpha value is -5.81. The number of imide groups is 1. The lowest BCUT2D eigenvalue weighted by atomic mass is 10.0. The number of halogens is 2. The number of carbonyl (C=O) groups is 4. The Kier molecular flexibility index (Phi) is 12.9. The number of rotatable bonds is 15. The van der Waals surface area contributed by atoms with E-state index in [-0.39, 0.29) is 52.9 Å². The van der Waals surface area contributed by atoms with Crippen LogP contribution in [0, 0.1) is 18.6 Å². The number of aryl methyl sites for hydroxylation is 1. The third kappa shape index (κ3) is 9.33. The number of piperidine rings is 1. The maximum Gasteiger partial charge on any atom is 0.255 e. The van der Waals surface area contributed by atoms with E-state index in [2.05, 4.69) is 35.5 Å².